The van der Waals surface area contributed by atoms with E-state index in [0.717, 1.165) is 7.11 Å². The standard InChI is InChI=1S/C18H17N3O6/c1-26-17(24)13-5-3-4-6-21(14(13)18(25)27-2)12-8-10(15(19)22)7-11(9-12)16(20)23/h3-9H,1-2H3,(H2,19,22)(H2,20,23). The van der Waals surface area contributed by atoms with Crippen molar-refractivity contribution in [3.05, 3.63) is 65.0 Å². The minimum atomic E-state index is -0.836. The van der Waals surface area contributed by atoms with Crippen LogP contribution in [0, 0.1) is 0 Å². The van der Waals surface area contributed by atoms with Crippen LogP contribution in [0.5, 0.6) is 0 Å². The first kappa shape index (κ1) is 19.4. The summed E-state index contributed by atoms with van der Waals surface area (Å²) in [7, 11) is 2.31. The minimum Gasteiger partial charge on any atom is -0.465 e. The van der Waals surface area contributed by atoms with Gasteiger partial charge in [-0.25, -0.2) is 9.59 Å². The molecule has 0 saturated carbocycles. The highest BCUT2D eigenvalue weighted by molar-refractivity contribution is 6.06. The predicted molar refractivity (Wildman–Crippen MR) is 95.3 cm³/mol. The fourth-order valence-electron chi connectivity index (χ4n) is 2.40. The molecule has 1 aliphatic rings. The Morgan fingerprint density at radius 1 is 0.852 bits per heavy atom. The summed E-state index contributed by atoms with van der Waals surface area (Å²) in [6.45, 7) is 0. The van der Waals surface area contributed by atoms with Gasteiger partial charge in [-0.1, -0.05) is 6.08 Å². The largest absolute Gasteiger partial charge is 0.465 e. The van der Waals surface area contributed by atoms with Gasteiger partial charge in [0, 0.05) is 23.0 Å². The third-order valence-electron chi connectivity index (χ3n) is 3.65. The van der Waals surface area contributed by atoms with E-state index in [9.17, 15) is 19.2 Å². The number of primary amides is 2. The van der Waals surface area contributed by atoms with Crippen molar-refractivity contribution in [3.8, 4) is 0 Å². The number of allylic oxidation sites excluding steroid dienone is 2. The van der Waals surface area contributed by atoms with Gasteiger partial charge in [-0.15, -0.1) is 0 Å². The lowest BCUT2D eigenvalue weighted by molar-refractivity contribution is -0.139. The molecule has 140 valence electrons. The molecular formula is C18H17N3O6. The number of carbonyl (C=O) groups excluding carboxylic acids is 4. The molecule has 27 heavy (non-hydrogen) atoms. The summed E-state index contributed by atoms with van der Waals surface area (Å²) < 4.78 is 9.50. The molecule has 2 rings (SSSR count). The van der Waals surface area contributed by atoms with Crippen molar-refractivity contribution >= 4 is 29.4 Å². The molecule has 1 aliphatic heterocycles. The second-order valence-electron chi connectivity index (χ2n) is 5.31. The van der Waals surface area contributed by atoms with E-state index in [1.54, 1.807) is 6.08 Å². The molecular weight excluding hydrogens is 354 g/mol. The quantitative estimate of drug-likeness (QED) is 0.712. The third-order valence-corrected chi connectivity index (χ3v) is 3.65. The Kier molecular flexibility index (Phi) is 5.76. The van der Waals surface area contributed by atoms with Gasteiger partial charge in [0.15, 0.2) is 0 Å². The first-order chi connectivity index (χ1) is 12.8. The van der Waals surface area contributed by atoms with Gasteiger partial charge in [0.25, 0.3) is 0 Å². The molecule has 2 amide bonds. The van der Waals surface area contributed by atoms with Gasteiger partial charge in [-0.3, -0.25) is 9.59 Å². The van der Waals surface area contributed by atoms with Crippen molar-refractivity contribution in [1.82, 2.24) is 0 Å². The molecule has 0 saturated heterocycles. The lowest BCUT2D eigenvalue weighted by Crippen LogP contribution is -2.27. The van der Waals surface area contributed by atoms with E-state index < -0.39 is 23.8 Å². The van der Waals surface area contributed by atoms with Crippen molar-refractivity contribution in [2.24, 2.45) is 11.5 Å². The molecule has 0 radical (unpaired) electrons. The zero-order valence-electron chi connectivity index (χ0n) is 14.6. The fourth-order valence-corrected chi connectivity index (χ4v) is 2.40. The maximum absolute atomic E-state index is 12.4. The maximum Gasteiger partial charge on any atom is 0.355 e. The molecule has 1 heterocycles. The van der Waals surface area contributed by atoms with Crippen LogP contribution in [0.25, 0.3) is 0 Å². The normalized spacial score (nSPS) is 13.2. The van der Waals surface area contributed by atoms with Crippen LogP contribution in [-0.2, 0) is 19.1 Å². The number of hydrogen-bond acceptors (Lipinski definition) is 7. The topological polar surface area (TPSA) is 142 Å². The lowest BCUT2D eigenvalue weighted by Gasteiger charge is -2.24. The van der Waals surface area contributed by atoms with Gasteiger partial charge in [0.1, 0.15) is 5.70 Å². The van der Waals surface area contributed by atoms with Crippen LogP contribution in [0.4, 0.5) is 5.69 Å². The molecule has 0 aromatic heterocycles. The molecule has 0 unspecified atom stereocenters. The van der Waals surface area contributed by atoms with Crippen LogP contribution in [0.3, 0.4) is 0 Å². The summed E-state index contributed by atoms with van der Waals surface area (Å²) >= 11 is 0. The SMILES string of the molecule is COC(=O)C1=C(C(=O)OC)N(c2cc(C(N)=O)cc(C(N)=O)c2)C=CC=C1. The second-order valence-corrected chi connectivity index (χ2v) is 5.31. The van der Waals surface area contributed by atoms with E-state index in [0.29, 0.717) is 0 Å². The molecule has 9 nitrogen and oxygen atoms in total. The average Bonchev–Trinajstić information content (AvgIpc) is 2.89. The first-order valence-electron chi connectivity index (χ1n) is 7.59. The summed E-state index contributed by atoms with van der Waals surface area (Å²) in [6.07, 6.45) is 5.88. The number of hydrogen-bond donors (Lipinski definition) is 2. The molecule has 1 aromatic rings. The van der Waals surface area contributed by atoms with Crippen molar-refractivity contribution in [1.29, 1.82) is 0 Å². The minimum absolute atomic E-state index is 0.00394. The van der Waals surface area contributed by atoms with E-state index in [2.05, 4.69) is 0 Å². The van der Waals surface area contributed by atoms with E-state index in [1.807, 2.05) is 0 Å². The van der Waals surface area contributed by atoms with Gasteiger partial charge in [-0.05, 0) is 30.4 Å². The Balaban J connectivity index is 2.77. The lowest BCUT2D eigenvalue weighted by atomic mass is 10.1. The summed E-state index contributed by atoms with van der Waals surface area (Å²) in [5, 5.41) is 0. The number of ether oxygens (including phenoxy) is 2. The van der Waals surface area contributed by atoms with E-state index in [4.69, 9.17) is 20.9 Å². The van der Waals surface area contributed by atoms with Gasteiger partial charge < -0.3 is 25.8 Å². The smallest absolute Gasteiger partial charge is 0.355 e. The summed E-state index contributed by atoms with van der Waals surface area (Å²) in [5.74, 6) is -3.21. The number of benzene rings is 1. The molecule has 0 fully saturated rings. The van der Waals surface area contributed by atoms with E-state index in [-0.39, 0.29) is 28.1 Å². The van der Waals surface area contributed by atoms with Gasteiger partial charge in [0.05, 0.1) is 19.8 Å². The molecule has 1 aromatic carbocycles. The fraction of sp³-hybridized carbons (Fsp3) is 0.111. The van der Waals surface area contributed by atoms with Crippen molar-refractivity contribution in [2.45, 2.75) is 0 Å². The Bertz CT molecular complexity index is 881. The molecule has 4 N–H and O–H groups in total. The first-order valence-corrected chi connectivity index (χ1v) is 7.59. The second kappa shape index (κ2) is 8.00. The van der Waals surface area contributed by atoms with Crippen LogP contribution in [0.1, 0.15) is 20.7 Å². The van der Waals surface area contributed by atoms with Crippen molar-refractivity contribution in [2.75, 3.05) is 19.1 Å². The highest BCUT2D eigenvalue weighted by Gasteiger charge is 2.28. The number of amides is 2. The predicted octanol–water partition coefficient (Wildman–Crippen LogP) is 0.374. The Morgan fingerprint density at radius 3 is 1.89 bits per heavy atom. The Hall–Kier alpha value is -3.88. The monoisotopic (exact) mass is 371 g/mol. The van der Waals surface area contributed by atoms with Crippen LogP contribution in [-0.4, -0.2) is 38.0 Å². The molecule has 9 heteroatoms. The number of carbonyl (C=O) groups is 4. The number of methoxy groups -OCH3 is 2. The van der Waals surface area contributed by atoms with Crippen molar-refractivity contribution in [3.63, 3.8) is 0 Å². The number of anilines is 1. The number of esters is 2. The Labute approximate surface area is 154 Å². The summed E-state index contributed by atoms with van der Waals surface area (Å²) in [6, 6.07) is 3.93. The van der Waals surface area contributed by atoms with Crippen LogP contribution in [0.2, 0.25) is 0 Å². The summed E-state index contributed by atoms with van der Waals surface area (Å²) in [4.78, 5) is 49.0. The van der Waals surface area contributed by atoms with Gasteiger partial charge in [-0.2, -0.15) is 0 Å². The molecule has 0 atom stereocenters. The zero-order chi connectivity index (χ0) is 20.1. The molecule has 0 spiro atoms. The van der Waals surface area contributed by atoms with E-state index >= 15 is 0 Å². The number of nitrogens with zero attached hydrogens (tertiary/aromatic N) is 1. The molecule has 0 bridgehead atoms. The third kappa shape index (κ3) is 4.03. The van der Waals surface area contributed by atoms with Crippen LogP contribution < -0.4 is 16.4 Å². The van der Waals surface area contributed by atoms with Crippen LogP contribution >= 0.6 is 0 Å². The van der Waals surface area contributed by atoms with E-state index in [1.165, 1.54) is 48.6 Å². The maximum atomic E-state index is 12.4. The van der Waals surface area contributed by atoms with Gasteiger partial charge >= 0.3 is 11.9 Å². The average molecular weight is 371 g/mol. The molecule has 0 aliphatic carbocycles. The van der Waals surface area contributed by atoms with Crippen molar-refractivity contribution < 1.29 is 28.7 Å². The highest BCUT2D eigenvalue weighted by atomic mass is 16.5. The number of nitrogens with two attached hydrogens (primary N) is 2. The zero-order valence-corrected chi connectivity index (χ0v) is 14.6. The van der Waals surface area contributed by atoms with Crippen LogP contribution in [0.15, 0.2) is 53.9 Å². The van der Waals surface area contributed by atoms with Gasteiger partial charge in [0.2, 0.25) is 11.8 Å². The number of rotatable bonds is 5. The summed E-state index contributed by atoms with van der Waals surface area (Å²) in [5.41, 5.74) is 10.6. The Morgan fingerprint density at radius 2 is 1.41 bits per heavy atom. The highest BCUT2D eigenvalue weighted by Crippen LogP contribution is 2.28.